The van der Waals surface area contributed by atoms with Crippen molar-refractivity contribution in [2.45, 2.75) is 6.92 Å². The standard InChI is InChI=1S/C17H13N3OS/c1-10-19-15-6-5-11(9-16(15)22-10)20-17(21)13-3-2-4-14-12(13)7-8-18-14/h2-9,18H,1H3,(H,20,21). The van der Waals surface area contributed by atoms with Crippen molar-refractivity contribution in [3.63, 3.8) is 0 Å². The SMILES string of the molecule is Cc1nc2ccc(NC(=O)c3cccc4[nH]ccc34)cc2s1. The second-order valence-electron chi connectivity index (χ2n) is 5.11. The van der Waals surface area contributed by atoms with Crippen molar-refractivity contribution >= 4 is 44.1 Å². The highest BCUT2D eigenvalue weighted by atomic mass is 32.1. The molecule has 2 heterocycles. The van der Waals surface area contributed by atoms with Crippen LogP contribution in [0.3, 0.4) is 0 Å². The molecule has 2 N–H and O–H groups in total. The van der Waals surface area contributed by atoms with E-state index in [-0.39, 0.29) is 5.91 Å². The third kappa shape index (κ3) is 2.16. The Morgan fingerprint density at radius 2 is 2.14 bits per heavy atom. The molecular weight excluding hydrogens is 294 g/mol. The number of H-pyrrole nitrogens is 1. The van der Waals surface area contributed by atoms with E-state index in [1.54, 1.807) is 11.3 Å². The Kier molecular flexibility index (Phi) is 2.94. The minimum absolute atomic E-state index is 0.106. The molecule has 5 heteroatoms. The summed E-state index contributed by atoms with van der Waals surface area (Å²) in [6, 6.07) is 13.4. The van der Waals surface area contributed by atoms with Crippen LogP contribution in [0.15, 0.2) is 48.7 Å². The normalized spacial score (nSPS) is 11.1. The fourth-order valence-electron chi connectivity index (χ4n) is 2.60. The molecule has 0 fully saturated rings. The summed E-state index contributed by atoms with van der Waals surface area (Å²) >= 11 is 1.63. The monoisotopic (exact) mass is 307 g/mol. The molecule has 108 valence electrons. The number of rotatable bonds is 2. The van der Waals surface area contributed by atoms with Crippen LogP contribution in [0.4, 0.5) is 5.69 Å². The molecule has 0 atom stereocenters. The molecule has 0 saturated heterocycles. The average Bonchev–Trinajstić information content (AvgIpc) is 3.11. The number of anilines is 1. The van der Waals surface area contributed by atoms with E-state index in [4.69, 9.17) is 0 Å². The number of hydrogen-bond acceptors (Lipinski definition) is 3. The first-order valence-electron chi connectivity index (χ1n) is 6.95. The molecule has 0 unspecified atom stereocenters. The molecule has 4 rings (SSSR count). The largest absolute Gasteiger partial charge is 0.361 e. The van der Waals surface area contributed by atoms with Crippen molar-refractivity contribution in [1.82, 2.24) is 9.97 Å². The highest BCUT2D eigenvalue weighted by Gasteiger charge is 2.11. The molecule has 0 spiro atoms. The number of fused-ring (bicyclic) bond motifs is 2. The van der Waals surface area contributed by atoms with Crippen LogP contribution in [0.25, 0.3) is 21.1 Å². The number of amides is 1. The predicted octanol–water partition coefficient (Wildman–Crippen LogP) is 4.34. The molecule has 0 aliphatic heterocycles. The summed E-state index contributed by atoms with van der Waals surface area (Å²) in [4.78, 5) is 20.1. The lowest BCUT2D eigenvalue weighted by Crippen LogP contribution is -2.11. The Bertz CT molecular complexity index is 999. The van der Waals surface area contributed by atoms with Crippen LogP contribution >= 0.6 is 11.3 Å². The summed E-state index contributed by atoms with van der Waals surface area (Å²) < 4.78 is 1.08. The molecule has 2 aromatic carbocycles. The van der Waals surface area contributed by atoms with Crippen LogP contribution < -0.4 is 5.32 Å². The van der Waals surface area contributed by atoms with Gasteiger partial charge in [-0.1, -0.05) is 6.07 Å². The fraction of sp³-hybridized carbons (Fsp3) is 0.0588. The van der Waals surface area contributed by atoms with Gasteiger partial charge < -0.3 is 10.3 Å². The molecule has 1 amide bonds. The summed E-state index contributed by atoms with van der Waals surface area (Å²) in [6.07, 6.45) is 1.84. The van der Waals surface area contributed by atoms with E-state index in [0.717, 1.165) is 31.8 Å². The molecule has 0 aliphatic rings. The lowest BCUT2D eigenvalue weighted by Gasteiger charge is -2.06. The molecule has 0 saturated carbocycles. The molecule has 4 aromatic rings. The van der Waals surface area contributed by atoms with E-state index < -0.39 is 0 Å². The number of thiazole rings is 1. The first-order chi connectivity index (χ1) is 10.7. The van der Waals surface area contributed by atoms with E-state index in [0.29, 0.717) is 5.56 Å². The van der Waals surface area contributed by atoms with Gasteiger partial charge in [-0.15, -0.1) is 11.3 Å². The summed E-state index contributed by atoms with van der Waals surface area (Å²) in [5, 5.41) is 4.92. The second kappa shape index (κ2) is 4.96. The quantitative estimate of drug-likeness (QED) is 0.579. The van der Waals surface area contributed by atoms with Crippen LogP contribution in [0, 0.1) is 6.92 Å². The fourth-order valence-corrected chi connectivity index (χ4v) is 3.47. The number of nitrogens with zero attached hydrogens (tertiary/aromatic N) is 1. The van der Waals surface area contributed by atoms with Crippen molar-refractivity contribution < 1.29 is 4.79 Å². The van der Waals surface area contributed by atoms with Gasteiger partial charge in [0.2, 0.25) is 0 Å². The van der Waals surface area contributed by atoms with Crippen molar-refractivity contribution in [2.24, 2.45) is 0 Å². The molecule has 22 heavy (non-hydrogen) atoms. The van der Waals surface area contributed by atoms with Crippen molar-refractivity contribution in [3.05, 3.63) is 59.2 Å². The smallest absolute Gasteiger partial charge is 0.256 e. The number of aromatic nitrogens is 2. The maximum Gasteiger partial charge on any atom is 0.256 e. The lowest BCUT2D eigenvalue weighted by atomic mass is 10.1. The van der Waals surface area contributed by atoms with Crippen LogP contribution in [0.1, 0.15) is 15.4 Å². The van der Waals surface area contributed by atoms with Gasteiger partial charge in [0.25, 0.3) is 5.91 Å². The minimum atomic E-state index is -0.106. The van der Waals surface area contributed by atoms with Gasteiger partial charge in [-0.25, -0.2) is 4.98 Å². The summed E-state index contributed by atoms with van der Waals surface area (Å²) in [6.45, 7) is 1.98. The van der Waals surface area contributed by atoms with Crippen LogP contribution in [-0.4, -0.2) is 15.9 Å². The minimum Gasteiger partial charge on any atom is -0.361 e. The van der Waals surface area contributed by atoms with E-state index in [1.165, 1.54) is 0 Å². The van der Waals surface area contributed by atoms with Gasteiger partial charge >= 0.3 is 0 Å². The highest BCUT2D eigenvalue weighted by Crippen LogP contribution is 2.25. The van der Waals surface area contributed by atoms with Gasteiger partial charge in [-0.3, -0.25) is 4.79 Å². The van der Waals surface area contributed by atoms with E-state index in [9.17, 15) is 4.79 Å². The number of benzene rings is 2. The predicted molar refractivity (Wildman–Crippen MR) is 90.6 cm³/mol. The van der Waals surface area contributed by atoms with Crippen molar-refractivity contribution in [3.8, 4) is 0 Å². The number of aryl methyl sites for hydroxylation is 1. The average molecular weight is 307 g/mol. The molecule has 2 aromatic heterocycles. The number of carbonyl (C=O) groups is 1. The summed E-state index contributed by atoms with van der Waals surface area (Å²) in [5.41, 5.74) is 3.38. The zero-order chi connectivity index (χ0) is 15.1. The first-order valence-corrected chi connectivity index (χ1v) is 7.77. The lowest BCUT2D eigenvalue weighted by molar-refractivity contribution is 0.102. The number of aromatic amines is 1. The molecule has 4 nitrogen and oxygen atoms in total. The van der Waals surface area contributed by atoms with E-state index >= 15 is 0 Å². The van der Waals surface area contributed by atoms with E-state index in [2.05, 4.69) is 15.3 Å². The maximum atomic E-state index is 12.5. The van der Waals surface area contributed by atoms with Gasteiger partial charge in [-0.05, 0) is 43.3 Å². The molecule has 0 bridgehead atoms. The molecular formula is C17H13N3OS. The Morgan fingerprint density at radius 3 is 3.05 bits per heavy atom. The zero-order valence-corrected chi connectivity index (χ0v) is 12.7. The first kappa shape index (κ1) is 13.0. The number of hydrogen-bond donors (Lipinski definition) is 2. The number of nitrogens with one attached hydrogen (secondary N) is 2. The maximum absolute atomic E-state index is 12.5. The molecule has 0 radical (unpaired) electrons. The summed E-state index contributed by atoms with van der Waals surface area (Å²) in [7, 11) is 0. The highest BCUT2D eigenvalue weighted by molar-refractivity contribution is 7.18. The Labute approximate surface area is 130 Å². The third-order valence-corrected chi connectivity index (χ3v) is 4.53. The summed E-state index contributed by atoms with van der Waals surface area (Å²) in [5.74, 6) is -0.106. The Balaban J connectivity index is 1.69. The van der Waals surface area contributed by atoms with Gasteiger partial charge in [0, 0.05) is 28.4 Å². The van der Waals surface area contributed by atoms with Gasteiger partial charge in [0.05, 0.1) is 15.2 Å². The van der Waals surface area contributed by atoms with E-state index in [1.807, 2.05) is 55.6 Å². The second-order valence-corrected chi connectivity index (χ2v) is 6.35. The Morgan fingerprint density at radius 1 is 1.23 bits per heavy atom. The topological polar surface area (TPSA) is 57.8 Å². The molecule has 0 aliphatic carbocycles. The number of carbonyl (C=O) groups excluding carboxylic acids is 1. The van der Waals surface area contributed by atoms with Crippen LogP contribution in [0.5, 0.6) is 0 Å². The van der Waals surface area contributed by atoms with Crippen molar-refractivity contribution in [2.75, 3.05) is 5.32 Å². The van der Waals surface area contributed by atoms with Gasteiger partial charge in [0.1, 0.15) is 0 Å². The van der Waals surface area contributed by atoms with Gasteiger partial charge in [-0.2, -0.15) is 0 Å². The van der Waals surface area contributed by atoms with Crippen LogP contribution in [0.2, 0.25) is 0 Å². The third-order valence-electron chi connectivity index (χ3n) is 3.59. The zero-order valence-electron chi connectivity index (χ0n) is 11.9. The van der Waals surface area contributed by atoms with Crippen molar-refractivity contribution in [1.29, 1.82) is 0 Å². The van der Waals surface area contributed by atoms with Crippen LogP contribution in [-0.2, 0) is 0 Å². The Hall–Kier alpha value is -2.66. The van der Waals surface area contributed by atoms with Gasteiger partial charge in [0.15, 0.2) is 0 Å².